The highest BCUT2D eigenvalue weighted by atomic mass is 35.5. The molecule has 0 aliphatic rings. The molecule has 0 radical (unpaired) electrons. The normalized spacial score (nSPS) is 12.2. The van der Waals surface area contributed by atoms with Crippen molar-refractivity contribution in [3.63, 3.8) is 0 Å². The summed E-state index contributed by atoms with van der Waals surface area (Å²) >= 11 is 12.2. The van der Waals surface area contributed by atoms with Crippen molar-refractivity contribution in [2.45, 2.75) is 12.5 Å². The van der Waals surface area contributed by atoms with E-state index in [4.69, 9.17) is 33.8 Å². The Hall–Kier alpha value is -1.40. The molecule has 1 atom stereocenters. The van der Waals surface area contributed by atoms with E-state index < -0.39 is 0 Å². The minimum Gasteiger partial charge on any atom is -0.480 e. The van der Waals surface area contributed by atoms with Crippen LogP contribution in [0.25, 0.3) is 0 Å². The molecule has 1 aromatic carbocycles. The molecule has 2 aromatic rings. The van der Waals surface area contributed by atoms with E-state index in [0.717, 1.165) is 5.56 Å². The van der Waals surface area contributed by atoms with Gasteiger partial charge in [0.1, 0.15) is 0 Å². The van der Waals surface area contributed by atoms with Crippen molar-refractivity contribution in [2.24, 2.45) is 5.84 Å². The maximum Gasteiger partial charge on any atom is 0.233 e. The van der Waals surface area contributed by atoms with E-state index in [0.29, 0.717) is 28.0 Å². The minimum absolute atomic E-state index is 0.218. The SMILES string of the molecule is COc1ccc(C(Cc2cccc(Cl)c2Cl)NN)nn1. The number of hydrazine groups is 1. The van der Waals surface area contributed by atoms with Crippen LogP contribution in [0.4, 0.5) is 0 Å². The van der Waals surface area contributed by atoms with Crippen LogP contribution < -0.4 is 16.0 Å². The maximum atomic E-state index is 6.17. The van der Waals surface area contributed by atoms with Crippen LogP contribution in [-0.4, -0.2) is 17.3 Å². The van der Waals surface area contributed by atoms with Gasteiger partial charge in [-0.15, -0.1) is 5.10 Å². The molecule has 0 spiro atoms. The summed E-state index contributed by atoms with van der Waals surface area (Å²) in [4.78, 5) is 0. The number of ether oxygens (including phenoxy) is 1. The first kappa shape index (κ1) is 15.0. The molecule has 3 N–H and O–H groups in total. The monoisotopic (exact) mass is 312 g/mol. The Balaban J connectivity index is 2.21. The second kappa shape index (κ2) is 6.85. The molecular formula is C13H14Cl2N4O. The molecule has 1 heterocycles. The highest BCUT2D eigenvalue weighted by molar-refractivity contribution is 6.42. The molecule has 0 aliphatic carbocycles. The minimum atomic E-state index is -0.218. The molecule has 2 rings (SSSR count). The molecule has 1 unspecified atom stereocenters. The molecule has 0 aliphatic heterocycles. The third-order valence-electron chi connectivity index (χ3n) is 2.88. The van der Waals surface area contributed by atoms with Crippen molar-refractivity contribution in [3.8, 4) is 5.88 Å². The van der Waals surface area contributed by atoms with Gasteiger partial charge in [0.05, 0.1) is 28.9 Å². The number of aromatic nitrogens is 2. The van der Waals surface area contributed by atoms with E-state index >= 15 is 0 Å². The zero-order chi connectivity index (χ0) is 14.5. The molecule has 20 heavy (non-hydrogen) atoms. The van der Waals surface area contributed by atoms with Crippen LogP contribution >= 0.6 is 23.2 Å². The number of nitrogens with zero attached hydrogens (tertiary/aromatic N) is 2. The zero-order valence-electron chi connectivity index (χ0n) is 10.8. The number of rotatable bonds is 5. The molecule has 0 fully saturated rings. The van der Waals surface area contributed by atoms with E-state index in [1.165, 1.54) is 7.11 Å². The number of methoxy groups -OCH3 is 1. The van der Waals surface area contributed by atoms with Crippen LogP contribution in [0.3, 0.4) is 0 Å². The zero-order valence-corrected chi connectivity index (χ0v) is 12.3. The summed E-state index contributed by atoms with van der Waals surface area (Å²) < 4.78 is 4.97. The highest BCUT2D eigenvalue weighted by Gasteiger charge is 2.15. The quantitative estimate of drug-likeness (QED) is 0.655. The van der Waals surface area contributed by atoms with Gasteiger partial charge in [-0.25, -0.2) is 0 Å². The first-order chi connectivity index (χ1) is 9.65. The summed E-state index contributed by atoms with van der Waals surface area (Å²) in [6.07, 6.45) is 0.552. The predicted molar refractivity (Wildman–Crippen MR) is 78.8 cm³/mol. The highest BCUT2D eigenvalue weighted by Crippen LogP contribution is 2.28. The largest absolute Gasteiger partial charge is 0.480 e. The second-order valence-corrected chi connectivity index (χ2v) is 4.92. The van der Waals surface area contributed by atoms with Gasteiger partial charge in [0.25, 0.3) is 0 Å². The lowest BCUT2D eigenvalue weighted by molar-refractivity contribution is 0.389. The van der Waals surface area contributed by atoms with E-state index in [1.54, 1.807) is 18.2 Å². The number of halogens is 2. The van der Waals surface area contributed by atoms with Crippen molar-refractivity contribution in [2.75, 3.05) is 7.11 Å². The van der Waals surface area contributed by atoms with Gasteiger partial charge in [0.15, 0.2) is 0 Å². The summed E-state index contributed by atoms with van der Waals surface area (Å²) in [7, 11) is 1.54. The third-order valence-corrected chi connectivity index (χ3v) is 3.74. The Morgan fingerprint density at radius 2 is 2.05 bits per heavy atom. The van der Waals surface area contributed by atoms with E-state index in [2.05, 4.69) is 15.6 Å². The average Bonchev–Trinajstić information content (AvgIpc) is 2.49. The molecule has 106 valence electrons. The van der Waals surface area contributed by atoms with Gasteiger partial charge in [-0.1, -0.05) is 35.3 Å². The van der Waals surface area contributed by atoms with Crippen molar-refractivity contribution in [1.82, 2.24) is 15.6 Å². The molecule has 5 nitrogen and oxygen atoms in total. The Morgan fingerprint density at radius 1 is 1.25 bits per heavy atom. The molecular weight excluding hydrogens is 299 g/mol. The summed E-state index contributed by atoms with van der Waals surface area (Å²) in [5, 5.41) is 9.03. The van der Waals surface area contributed by atoms with Crippen molar-refractivity contribution < 1.29 is 4.74 Å². The molecule has 0 saturated carbocycles. The first-order valence-electron chi connectivity index (χ1n) is 5.92. The average molecular weight is 313 g/mol. The van der Waals surface area contributed by atoms with Crippen LogP contribution in [0.15, 0.2) is 30.3 Å². The fraction of sp³-hybridized carbons (Fsp3) is 0.231. The van der Waals surface area contributed by atoms with E-state index in [-0.39, 0.29) is 6.04 Å². The molecule has 7 heteroatoms. The van der Waals surface area contributed by atoms with E-state index in [1.807, 2.05) is 12.1 Å². The topological polar surface area (TPSA) is 73.1 Å². The lowest BCUT2D eigenvalue weighted by Crippen LogP contribution is -2.30. The Morgan fingerprint density at radius 3 is 2.65 bits per heavy atom. The lowest BCUT2D eigenvalue weighted by Gasteiger charge is -2.16. The van der Waals surface area contributed by atoms with Crippen LogP contribution in [0.1, 0.15) is 17.3 Å². The Kier molecular flexibility index (Phi) is 5.14. The number of benzene rings is 1. The molecule has 0 saturated heterocycles. The van der Waals surface area contributed by atoms with Gasteiger partial charge >= 0.3 is 0 Å². The molecule has 0 bridgehead atoms. The van der Waals surface area contributed by atoms with Crippen molar-refractivity contribution in [3.05, 3.63) is 51.6 Å². The van der Waals surface area contributed by atoms with Crippen LogP contribution in [0.2, 0.25) is 10.0 Å². The second-order valence-electron chi connectivity index (χ2n) is 4.14. The maximum absolute atomic E-state index is 6.17. The van der Waals surface area contributed by atoms with Crippen LogP contribution in [-0.2, 0) is 6.42 Å². The van der Waals surface area contributed by atoms with Gasteiger partial charge in [-0.05, 0) is 24.1 Å². The van der Waals surface area contributed by atoms with Crippen molar-refractivity contribution in [1.29, 1.82) is 0 Å². The van der Waals surface area contributed by atoms with Gasteiger partial charge < -0.3 is 4.74 Å². The van der Waals surface area contributed by atoms with E-state index in [9.17, 15) is 0 Å². The van der Waals surface area contributed by atoms with Gasteiger partial charge in [-0.2, -0.15) is 5.10 Å². The smallest absolute Gasteiger partial charge is 0.233 e. The Labute approximate surface area is 127 Å². The van der Waals surface area contributed by atoms with Crippen LogP contribution in [0.5, 0.6) is 5.88 Å². The van der Waals surface area contributed by atoms with Gasteiger partial charge in [-0.3, -0.25) is 11.3 Å². The Bertz CT molecular complexity index is 577. The number of nitrogens with one attached hydrogen (secondary N) is 1. The molecule has 1 aromatic heterocycles. The first-order valence-corrected chi connectivity index (χ1v) is 6.68. The molecule has 0 amide bonds. The summed E-state index contributed by atoms with van der Waals surface area (Å²) in [5.74, 6) is 6.04. The van der Waals surface area contributed by atoms with Crippen molar-refractivity contribution >= 4 is 23.2 Å². The summed E-state index contributed by atoms with van der Waals surface area (Å²) in [6.45, 7) is 0. The van der Waals surface area contributed by atoms with Gasteiger partial charge in [0, 0.05) is 6.07 Å². The fourth-order valence-corrected chi connectivity index (χ4v) is 2.20. The standard InChI is InChI=1S/C13H14Cl2N4O/c1-20-12-6-5-10(18-19-12)11(17-16)7-8-3-2-4-9(14)13(8)15/h2-6,11,17H,7,16H2,1H3. The third kappa shape index (κ3) is 3.37. The number of nitrogens with two attached hydrogens (primary N) is 1. The summed E-state index contributed by atoms with van der Waals surface area (Å²) in [5.41, 5.74) is 4.29. The van der Waals surface area contributed by atoms with Gasteiger partial charge in [0.2, 0.25) is 5.88 Å². The predicted octanol–water partition coefficient (Wildman–Crippen LogP) is 2.54. The number of hydrogen-bond donors (Lipinski definition) is 2. The van der Waals surface area contributed by atoms with Crippen LogP contribution in [0, 0.1) is 0 Å². The summed E-state index contributed by atoms with van der Waals surface area (Å²) in [6, 6.07) is 8.79. The number of hydrogen-bond acceptors (Lipinski definition) is 5. The lowest BCUT2D eigenvalue weighted by atomic mass is 10.0. The fourth-order valence-electron chi connectivity index (χ4n) is 1.80.